The second-order valence-electron chi connectivity index (χ2n) is 4.58. The van der Waals surface area contributed by atoms with Crippen LogP contribution in [-0.4, -0.2) is 32.0 Å². The van der Waals surface area contributed by atoms with Crippen molar-refractivity contribution in [3.8, 4) is 0 Å². The molecule has 0 heterocycles. The molecule has 0 bridgehead atoms. The largest absolute Gasteiger partial charge is 0.313 e. The maximum atomic E-state index is 11.8. The molecule has 0 aliphatic carbocycles. The first kappa shape index (κ1) is 14.9. The first-order chi connectivity index (χ1) is 6.81. The van der Waals surface area contributed by atoms with Gasteiger partial charge in [-0.2, -0.15) is 0 Å². The summed E-state index contributed by atoms with van der Waals surface area (Å²) in [5.41, 5.74) is 0. The predicted octanol–water partition coefficient (Wildman–Crippen LogP) is 1.83. The third-order valence-electron chi connectivity index (χ3n) is 3.00. The average Bonchev–Trinajstić information content (AvgIpc) is 2.15. The Balaban J connectivity index is 4.06. The highest BCUT2D eigenvalue weighted by molar-refractivity contribution is 7.92. The molecule has 0 aliphatic heterocycles. The van der Waals surface area contributed by atoms with Crippen LogP contribution in [0.2, 0.25) is 0 Å². The highest BCUT2D eigenvalue weighted by atomic mass is 32.2. The summed E-state index contributed by atoms with van der Waals surface area (Å²) in [6, 6.07) is 0.398. The minimum atomic E-state index is -2.93. The summed E-state index contributed by atoms with van der Waals surface area (Å²) in [5.74, 6) is 0.440. The molecule has 0 saturated carbocycles. The van der Waals surface area contributed by atoms with Crippen molar-refractivity contribution in [2.75, 3.05) is 12.3 Å². The first-order valence-electron chi connectivity index (χ1n) is 5.76. The summed E-state index contributed by atoms with van der Waals surface area (Å²) in [6.07, 6.45) is 1.03. The Bertz CT molecular complexity index is 260. The summed E-state index contributed by atoms with van der Waals surface area (Å²) in [6.45, 7) is 10.4. The monoisotopic (exact) mass is 235 g/mol. The van der Waals surface area contributed by atoms with Gasteiger partial charge in [0.15, 0.2) is 9.84 Å². The lowest BCUT2D eigenvalue weighted by Gasteiger charge is -2.17. The average molecular weight is 235 g/mol. The van der Waals surface area contributed by atoms with E-state index in [1.807, 2.05) is 13.8 Å². The van der Waals surface area contributed by atoms with Crippen LogP contribution in [-0.2, 0) is 9.84 Å². The molecule has 0 aromatic rings. The molecule has 92 valence electrons. The number of nitrogens with one attached hydrogen (secondary N) is 1. The van der Waals surface area contributed by atoms with Gasteiger partial charge in [-0.1, -0.05) is 20.8 Å². The van der Waals surface area contributed by atoms with Crippen LogP contribution in [0.1, 0.15) is 41.0 Å². The molecule has 0 spiro atoms. The number of sulfone groups is 1. The molecule has 3 nitrogen and oxygen atoms in total. The summed E-state index contributed by atoms with van der Waals surface area (Å²) in [7, 11) is -2.93. The Labute approximate surface area is 94.6 Å². The van der Waals surface area contributed by atoms with Gasteiger partial charge in [-0.15, -0.1) is 0 Å². The minimum Gasteiger partial charge on any atom is -0.313 e. The van der Waals surface area contributed by atoms with E-state index in [1.165, 1.54) is 0 Å². The van der Waals surface area contributed by atoms with Crippen molar-refractivity contribution in [3.63, 3.8) is 0 Å². The van der Waals surface area contributed by atoms with Gasteiger partial charge in [0.1, 0.15) is 0 Å². The highest BCUT2D eigenvalue weighted by Gasteiger charge is 2.23. The van der Waals surface area contributed by atoms with E-state index in [9.17, 15) is 8.42 Å². The van der Waals surface area contributed by atoms with Crippen molar-refractivity contribution in [3.05, 3.63) is 0 Å². The van der Waals surface area contributed by atoms with Gasteiger partial charge in [0.25, 0.3) is 0 Å². The fraction of sp³-hybridized carbons (Fsp3) is 1.00. The van der Waals surface area contributed by atoms with Gasteiger partial charge in [-0.05, 0) is 26.2 Å². The molecule has 2 unspecified atom stereocenters. The second-order valence-corrected chi connectivity index (χ2v) is 7.06. The summed E-state index contributed by atoms with van der Waals surface area (Å²) < 4.78 is 23.6. The predicted molar refractivity (Wildman–Crippen MR) is 65.8 cm³/mol. The standard InChI is InChI=1S/C11H25NO2S/c1-6-10(4)12-7-8-15(13,14)11(5)9(2)3/h9-12H,6-8H2,1-5H3. The van der Waals surface area contributed by atoms with Gasteiger partial charge in [-0.25, -0.2) is 8.42 Å². The van der Waals surface area contributed by atoms with Gasteiger partial charge < -0.3 is 5.32 Å². The van der Waals surface area contributed by atoms with Crippen molar-refractivity contribution < 1.29 is 8.42 Å². The summed E-state index contributed by atoms with van der Waals surface area (Å²) in [5, 5.41) is 2.96. The molecule has 0 aliphatic rings. The van der Waals surface area contributed by atoms with Gasteiger partial charge >= 0.3 is 0 Å². The quantitative estimate of drug-likeness (QED) is 0.732. The van der Waals surface area contributed by atoms with Crippen molar-refractivity contribution in [2.24, 2.45) is 5.92 Å². The lowest BCUT2D eigenvalue weighted by atomic mass is 10.2. The van der Waals surface area contributed by atoms with Gasteiger partial charge in [0.05, 0.1) is 11.0 Å². The van der Waals surface area contributed by atoms with Gasteiger partial charge in [0.2, 0.25) is 0 Å². The minimum absolute atomic E-state index is 0.193. The molecule has 0 saturated heterocycles. The van der Waals surface area contributed by atoms with Gasteiger partial charge in [0, 0.05) is 12.6 Å². The molecule has 0 fully saturated rings. The number of rotatable bonds is 7. The Hall–Kier alpha value is -0.0900. The van der Waals surface area contributed by atoms with Crippen LogP contribution in [0.25, 0.3) is 0 Å². The molecule has 0 aromatic heterocycles. The maximum Gasteiger partial charge on any atom is 0.154 e. The van der Waals surface area contributed by atoms with Crippen molar-refractivity contribution in [2.45, 2.75) is 52.3 Å². The van der Waals surface area contributed by atoms with Crippen LogP contribution in [0, 0.1) is 5.92 Å². The third kappa shape index (κ3) is 5.52. The SMILES string of the molecule is CCC(C)NCCS(=O)(=O)C(C)C(C)C. The fourth-order valence-corrected chi connectivity index (χ4v) is 2.80. The van der Waals surface area contributed by atoms with E-state index in [0.29, 0.717) is 12.6 Å². The van der Waals surface area contributed by atoms with Crippen LogP contribution in [0.5, 0.6) is 0 Å². The van der Waals surface area contributed by atoms with E-state index in [-0.39, 0.29) is 16.9 Å². The van der Waals surface area contributed by atoms with Crippen LogP contribution in [0.3, 0.4) is 0 Å². The lowest BCUT2D eigenvalue weighted by Crippen LogP contribution is -2.34. The molecular formula is C11H25NO2S. The summed E-state index contributed by atoms with van der Waals surface area (Å²) in [4.78, 5) is 0. The van der Waals surface area contributed by atoms with E-state index >= 15 is 0 Å². The zero-order valence-corrected chi connectivity index (χ0v) is 11.4. The van der Waals surface area contributed by atoms with E-state index < -0.39 is 9.84 Å². The topological polar surface area (TPSA) is 46.2 Å². The highest BCUT2D eigenvalue weighted by Crippen LogP contribution is 2.11. The Morgan fingerprint density at radius 2 is 1.67 bits per heavy atom. The molecule has 0 amide bonds. The van der Waals surface area contributed by atoms with Crippen LogP contribution < -0.4 is 5.32 Å². The maximum absolute atomic E-state index is 11.8. The van der Waals surface area contributed by atoms with Crippen molar-refractivity contribution >= 4 is 9.84 Å². The number of hydrogen-bond acceptors (Lipinski definition) is 3. The molecule has 1 N–H and O–H groups in total. The smallest absolute Gasteiger partial charge is 0.154 e. The zero-order chi connectivity index (χ0) is 12.1. The normalized spacial score (nSPS) is 16.7. The van der Waals surface area contributed by atoms with Crippen molar-refractivity contribution in [1.82, 2.24) is 5.32 Å². The molecule has 0 radical (unpaired) electrons. The molecule has 0 aromatic carbocycles. The van der Waals surface area contributed by atoms with Gasteiger partial charge in [-0.3, -0.25) is 0 Å². The molecule has 2 atom stereocenters. The zero-order valence-electron chi connectivity index (χ0n) is 10.6. The summed E-state index contributed by atoms with van der Waals surface area (Å²) >= 11 is 0. The molecule has 15 heavy (non-hydrogen) atoms. The second kappa shape index (κ2) is 6.48. The third-order valence-corrected chi connectivity index (χ3v) is 5.45. The van der Waals surface area contributed by atoms with Crippen LogP contribution in [0.15, 0.2) is 0 Å². The Morgan fingerprint density at radius 3 is 2.07 bits per heavy atom. The van der Waals surface area contributed by atoms with Crippen LogP contribution >= 0.6 is 0 Å². The van der Waals surface area contributed by atoms with E-state index in [1.54, 1.807) is 6.92 Å². The Kier molecular flexibility index (Phi) is 6.44. The fourth-order valence-electron chi connectivity index (χ4n) is 1.19. The molecule has 4 heteroatoms. The Morgan fingerprint density at radius 1 is 1.13 bits per heavy atom. The van der Waals surface area contributed by atoms with Crippen molar-refractivity contribution in [1.29, 1.82) is 0 Å². The lowest BCUT2D eigenvalue weighted by molar-refractivity contribution is 0.527. The molecular weight excluding hydrogens is 210 g/mol. The number of hydrogen-bond donors (Lipinski definition) is 1. The van der Waals surface area contributed by atoms with E-state index in [4.69, 9.17) is 0 Å². The van der Waals surface area contributed by atoms with E-state index in [2.05, 4.69) is 19.2 Å². The van der Waals surface area contributed by atoms with Crippen LogP contribution in [0.4, 0.5) is 0 Å². The molecule has 0 rings (SSSR count). The first-order valence-corrected chi connectivity index (χ1v) is 7.47. The van der Waals surface area contributed by atoms with E-state index in [0.717, 1.165) is 6.42 Å².